The summed E-state index contributed by atoms with van der Waals surface area (Å²) in [5, 5.41) is 3.82. The molecule has 1 N–H and O–H groups in total. The summed E-state index contributed by atoms with van der Waals surface area (Å²) < 4.78 is 11.3. The molecule has 1 saturated heterocycles. The normalized spacial score (nSPS) is 15.0. The zero-order valence-corrected chi connectivity index (χ0v) is 15.5. The van der Waals surface area contributed by atoms with Crippen molar-refractivity contribution in [2.75, 3.05) is 25.5 Å². The van der Waals surface area contributed by atoms with Gasteiger partial charge < -0.3 is 14.5 Å². The van der Waals surface area contributed by atoms with E-state index in [1.54, 1.807) is 7.11 Å². The Balaban J connectivity index is 1.64. The number of amides is 1. The molecule has 5 heteroatoms. The highest BCUT2D eigenvalue weighted by Crippen LogP contribution is 2.33. The van der Waals surface area contributed by atoms with Gasteiger partial charge in [-0.25, -0.2) is 0 Å². The molecular weight excluding hydrogens is 340 g/mol. The summed E-state index contributed by atoms with van der Waals surface area (Å²) in [6, 6.07) is 15.2. The Morgan fingerprint density at radius 2 is 1.89 bits per heavy atom. The Hall–Kier alpha value is -2.79. The lowest BCUT2D eigenvalue weighted by molar-refractivity contribution is 0.0998. The van der Waals surface area contributed by atoms with Crippen molar-refractivity contribution in [3.8, 4) is 5.75 Å². The summed E-state index contributed by atoms with van der Waals surface area (Å²) in [6.07, 6.45) is 3.80. The van der Waals surface area contributed by atoms with Gasteiger partial charge in [-0.3, -0.25) is 9.69 Å². The van der Waals surface area contributed by atoms with Crippen molar-refractivity contribution in [1.29, 1.82) is 0 Å². The monoisotopic (exact) mass is 364 g/mol. The number of methoxy groups -OCH3 is 1. The van der Waals surface area contributed by atoms with Crippen LogP contribution in [0.25, 0.3) is 11.0 Å². The minimum Gasteiger partial charge on any atom is -0.493 e. The van der Waals surface area contributed by atoms with Crippen LogP contribution < -0.4 is 10.1 Å². The quantitative estimate of drug-likeness (QED) is 0.714. The molecule has 1 fully saturated rings. The van der Waals surface area contributed by atoms with Crippen LogP contribution in [0.1, 0.15) is 35.4 Å². The van der Waals surface area contributed by atoms with Gasteiger partial charge in [-0.15, -0.1) is 0 Å². The molecule has 1 aliphatic heterocycles. The maximum atomic E-state index is 12.6. The minimum absolute atomic E-state index is 0.261. The lowest BCUT2D eigenvalue weighted by Crippen LogP contribution is -2.29. The molecule has 0 radical (unpaired) electrons. The summed E-state index contributed by atoms with van der Waals surface area (Å²) in [5.41, 5.74) is 2.53. The van der Waals surface area contributed by atoms with E-state index in [1.807, 2.05) is 42.5 Å². The molecule has 0 bridgehead atoms. The first kappa shape index (κ1) is 17.6. The number of fused-ring (bicyclic) bond motifs is 1. The Kier molecular flexibility index (Phi) is 5.12. The number of rotatable bonds is 5. The zero-order valence-electron chi connectivity index (χ0n) is 15.5. The number of nitrogens with one attached hydrogen (secondary N) is 1. The zero-order chi connectivity index (χ0) is 18.6. The number of furan rings is 1. The van der Waals surface area contributed by atoms with Crippen LogP contribution in [-0.4, -0.2) is 31.0 Å². The van der Waals surface area contributed by atoms with Crippen LogP contribution in [0.15, 0.2) is 52.9 Å². The molecule has 5 nitrogen and oxygen atoms in total. The van der Waals surface area contributed by atoms with Crippen LogP contribution >= 0.6 is 0 Å². The molecule has 2 heterocycles. The molecule has 140 valence electrons. The van der Waals surface area contributed by atoms with Gasteiger partial charge in [-0.2, -0.15) is 0 Å². The number of likely N-dealkylation sites (tertiary alicyclic amines) is 1. The number of hydrogen-bond acceptors (Lipinski definition) is 4. The van der Waals surface area contributed by atoms with Gasteiger partial charge in [0.1, 0.15) is 0 Å². The molecule has 0 saturated carbocycles. The van der Waals surface area contributed by atoms with Gasteiger partial charge in [-0.1, -0.05) is 30.7 Å². The molecule has 2 aromatic carbocycles. The number of ether oxygens (including phenoxy) is 1. The Morgan fingerprint density at radius 3 is 2.63 bits per heavy atom. The second-order valence-corrected chi connectivity index (χ2v) is 6.94. The fourth-order valence-corrected chi connectivity index (χ4v) is 3.64. The lowest BCUT2D eigenvalue weighted by atomic mass is 10.1. The lowest BCUT2D eigenvalue weighted by Gasteiger charge is -2.26. The molecule has 0 unspecified atom stereocenters. The number of hydrogen-bond donors (Lipinski definition) is 1. The molecular formula is C22H24N2O3. The van der Waals surface area contributed by atoms with Crippen molar-refractivity contribution in [3.05, 3.63) is 59.9 Å². The van der Waals surface area contributed by atoms with Gasteiger partial charge in [0.05, 0.1) is 7.11 Å². The Morgan fingerprint density at radius 1 is 1.11 bits per heavy atom. The maximum Gasteiger partial charge on any atom is 0.291 e. The fraction of sp³-hybridized carbons (Fsp3) is 0.318. The van der Waals surface area contributed by atoms with Gasteiger partial charge in [0.2, 0.25) is 0 Å². The van der Waals surface area contributed by atoms with Gasteiger partial charge in [0, 0.05) is 17.6 Å². The van der Waals surface area contributed by atoms with Crippen molar-refractivity contribution in [1.82, 2.24) is 4.90 Å². The molecule has 1 amide bonds. The van der Waals surface area contributed by atoms with Crippen LogP contribution in [0.5, 0.6) is 5.75 Å². The predicted octanol–water partition coefficient (Wildman–Crippen LogP) is 4.68. The predicted molar refractivity (Wildman–Crippen MR) is 106 cm³/mol. The van der Waals surface area contributed by atoms with Gasteiger partial charge >= 0.3 is 0 Å². The van der Waals surface area contributed by atoms with E-state index in [0.717, 1.165) is 36.3 Å². The molecule has 4 rings (SSSR count). The van der Waals surface area contributed by atoms with E-state index in [2.05, 4.69) is 16.3 Å². The first-order valence-electron chi connectivity index (χ1n) is 9.43. The number of nitrogens with zero attached hydrogens (tertiary/aromatic N) is 1. The van der Waals surface area contributed by atoms with Crippen LogP contribution in [0.4, 0.5) is 5.69 Å². The Bertz CT molecular complexity index is 927. The van der Waals surface area contributed by atoms with Crippen LogP contribution in [0, 0.1) is 0 Å². The standard InChI is InChI=1S/C22H24N2O3/c1-26-19-11-10-16(15-24-12-6-3-7-13-24)18-14-20(27-21(18)19)22(25)23-17-8-4-2-5-9-17/h2,4-5,8-11,14H,3,6-7,12-13,15H2,1H3,(H,23,25). The molecule has 0 atom stereocenters. The molecule has 1 aliphatic rings. The van der Waals surface area contributed by atoms with E-state index in [1.165, 1.54) is 19.3 Å². The number of para-hydroxylation sites is 1. The van der Waals surface area contributed by atoms with Crippen LogP contribution in [0.2, 0.25) is 0 Å². The van der Waals surface area contributed by atoms with Crippen molar-refractivity contribution in [2.45, 2.75) is 25.8 Å². The highest BCUT2D eigenvalue weighted by Gasteiger charge is 2.19. The van der Waals surface area contributed by atoms with E-state index in [0.29, 0.717) is 17.1 Å². The number of carbonyl (C=O) groups is 1. The molecule has 0 aliphatic carbocycles. The summed E-state index contributed by atoms with van der Waals surface area (Å²) in [6.45, 7) is 3.10. The fourth-order valence-electron chi connectivity index (χ4n) is 3.64. The van der Waals surface area contributed by atoms with Crippen molar-refractivity contribution in [3.63, 3.8) is 0 Å². The third-order valence-electron chi connectivity index (χ3n) is 5.06. The second kappa shape index (κ2) is 7.84. The third-order valence-corrected chi connectivity index (χ3v) is 5.06. The maximum absolute atomic E-state index is 12.6. The SMILES string of the molecule is COc1ccc(CN2CCCCC2)c2cc(C(=O)Nc3ccccc3)oc12. The topological polar surface area (TPSA) is 54.7 Å². The van der Waals surface area contributed by atoms with E-state index in [4.69, 9.17) is 9.15 Å². The van der Waals surface area contributed by atoms with E-state index >= 15 is 0 Å². The number of anilines is 1. The minimum atomic E-state index is -0.261. The van der Waals surface area contributed by atoms with Gasteiger partial charge in [0.15, 0.2) is 17.1 Å². The molecule has 27 heavy (non-hydrogen) atoms. The molecule has 1 aromatic heterocycles. The Labute approximate surface area is 158 Å². The van der Waals surface area contributed by atoms with E-state index < -0.39 is 0 Å². The molecule has 0 spiro atoms. The van der Waals surface area contributed by atoms with E-state index in [9.17, 15) is 4.79 Å². The van der Waals surface area contributed by atoms with Crippen molar-refractivity contribution in [2.24, 2.45) is 0 Å². The van der Waals surface area contributed by atoms with Crippen LogP contribution in [0.3, 0.4) is 0 Å². The average Bonchev–Trinajstić information content (AvgIpc) is 3.16. The van der Waals surface area contributed by atoms with Gasteiger partial charge in [-0.05, 0) is 55.8 Å². The van der Waals surface area contributed by atoms with Crippen molar-refractivity contribution < 1.29 is 13.9 Å². The summed E-state index contributed by atoms with van der Waals surface area (Å²) in [5.74, 6) is 0.674. The summed E-state index contributed by atoms with van der Waals surface area (Å²) >= 11 is 0. The largest absolute Gasteiger partial charge is 0.493 e. The summed E-state index contributed by atoms with van der Waals surface area (Å²) in [7, 11) is 1.62. The molecule has 3 aromatic rings. The third kappa shape index (κ3) is 3.83. The van der Waals surface area contributed by atoms with Gasteiger partial charge in [0.25, 0.3) is 5.91 Å². The van der Waals surface area contributed by atoms with Crippen LogP contribution in [-0.2, 0) is 6.54 Å². The van der Waals surface area contributed by atoms with Crippen molar-refractivity contribution >= 4 is 22.6 Å². The first-order valence-corrected chi connectivity index (χ1v) is 9.43. The second-order valence-electron chi connectivity index (χ2n) is 6.94. The number of carbonyl (C=O) groups excluding carboxylic acids is 1. The smallest absolute Gasteiger partial charge is 0.291 e. The average molecular weight is 364 g/mol. The van der Waals surface area contributed by atoms with E-state index in [-0.39, 0.29) is 5.91 Å². The number of piperidine rings is 1. The highest BCUT2D eigenvalue weighted by atomic mass is 16.5. The first-order chi connectivity index (χ1) is 13.2. The highest BCUT2D eigenvalue weighted by molar-refractivity contribution is 6.05. The number of benzene rings is 2. The summed E-state index contributed by atoms with van der Waals surface area (Å²) in [4.78, 5) is 15.1.